The normalized spacial score (nSPS) is 18.7. The van der Waals surface area contributed by atoms with Crippen LogP contribution in [0.25, 0.3) is 10.4 Å². The van der Waals surface area contributed by atoms with Gasteiger partial charge in [0.1, 0.15) is 17.2 Å². The Hall–Kier alpha value is -2.39. The van der Waals surface area contributed by atoms with Crippen LogP contribution in [0.1, 0.15) is 35.5 Å². The molecule has 7 nitrogen and oxygen atoms in total. The first-order chi connectivity index (χ1) is 14.7. The van der Waals surface area contributed by atoms with Crippen molar-refractivity contribution in [3.05, 3.63) is 40.8 Å². The Morgan fingerprint density at radius 3 is 2.77 bits per heavy atom. The molecule has 0 N–H and O–H groups in total. The Balaban J connectivity index is 1.43. The molecule has 0 bridgehead atoms. The molecular weight excluding hydrogens is 438 g/mol. The van der Waals surface area contributed by atoms with Gasteiger partial charge in [-0.05, 0) is 30.5 Å². The summed E-state index contributed by atoms with van der Waals surface area (Å²) in [5.41, 5.74) is 1.86. The van der Waals surface area contributed by atoms with E-state index in [-0.39, 0.29) is 29.4 Å². The van der Waals surface area contributed by atoms with Gasteiger partial charge in [0.25, 0.3) is 5.91 Å². The molecule has 1 atom stereocenters. The van der Waals surface area contributed by atoms with Crippen LogP contribution >= 0.6 is 11.3 Å². The van der Waals surface area contributed by atoms with Gasteiger partial charge in [-0.2, -0.15) is 0 Å². The molecule has 166 valence electrons. The maximum absolute atomic E-state index is 12.8. The Kier molecular flexibility index (Phi) is 6.07. The van der Waals surface area contributed by atoms with E-state index in [9.17, 15) is 18.0 Å². The molecule has 1 aromatic heterocycles. The molecule has 1 aromatic carbocycles. The number of sulfone groups is 1. The minimum atomic E-state index is -3.12. The third kappa shape index (κ3) is 4.77. The lowest BCUT2D eigenvalue weighted by molar-refractivity contribution is -0.137. The summed E-state index contributed by atoms with van der Waals surface area (Å²) in [7, 11) is -3.12. The van der Waals surface area contributed by atoms with E-state index in [0.717, 1.165) is 21.8 Å². The second-order valence-corrected chi connectivity index (χ2v) is 11.6. The largest absolute Gasteiger partial charge is 0.488 e. The average molecular weight is 464 g/mol. The summed E-state index contributed by atoms with van der Waals surface area (Å²) >= 11 is 1.32. The molecule has 1 unspecified atom stereocenters. The number of nitrogens with zero attached hydrogens (tertiary/aromatic N) is 1. The maximum Gasteiger partial charge on any atom is 0.348 e. The number of hydrogen-bond acceptors (Lipinski definition) is 7. The molecule has 2 aliphatic heterocycles. The van der Waals surface area contributed by atoms with E-state index in [0.29, 0.717) is 24.4 Å². The molecule has 0 aliphatic carbocycles. The highest BCUT2D eigenvalue weighted by atomic mass is 32.2. The lowest BCUT2D eigenvalue weighted by Gasteiger charge is -2.29. The summed E-state index contributed by atoms with van der Waals surface area (Å²) in [6.07, 6.45) is 0.422. The van der Waals surface area contributed by atoms with E-state index >= 15 is 0 Å². The predicted molar refractivity (Wildman–Crippen MR) is 118 cm³/mol. The number of rotatable bonds is 6. The third-order valence-corrected chi connectivity index (χ3v) is 8.32. The zero-order chi connectivity index (χ0) is 22.2. The van der Waals surface area contributed by atoms with Gasteiger partial charge in [0, 0.05) is 28.6 Å². The predicted octanol–water partition coefficient (Wildman–Crippen LogP) is 3.14. The van der Waals surface area contributed by atoms with Crippen molar-refractivity contribution in [2.24, 2.45) is 5.92 Å². The quantitative estimate of drug-likeness (QED) is 0.612. The number of carbonyl (C=O) groups excluding carboxylic acids is 2. The van der Waals surface area contributed by atoms with Crippen LogP contribution in [-0.2, 0) is 26.0 Å². The number of benzene rings is 1. The van der Waals surface area contributed by atoms with Crippen molar-refractivity contribution in [1.82, 2.24) is 4.90 Å². The summed E-state index contributed by atoms with van der Waals surface area (Å²) in [4.78, 5) is 28.4. The van der Waals surface area contributed by atoms with Crippen LogP contribution in [-0.4, -0.2) is 55.9 Å². The molecule has 0 saturated carbocycles. The third-order valence-electron chi connectivity index (χ3n) is 5.38. The SMILES string of the molecule is CC(C)CN(C(=O)COC(=O)c1cc2c(s1)-c1ccccc1OC2)C1CCS(=O)(=O)C1. The standard InChI is InChI=1S/C22H25NO6S2/c1-14(2)10-23(16-7-8-31(26,27)13-16)20(24)12-29-22(25)19-9-15-11-28-18-6-4-3-5-17(18)21(15)30-19/h3-6,9,14,16H,7-8,10-13H2,1-2H3. The number of amides is 1. The van der Waals surface area contributed by atoms with Gasteiger partial charge >= 0.3 is 5.97 Å². The molecule has 0 spiro atoms. The number of para-hydroxylation sites is 1. The summed E-state index contributed by atoms with van der Waals surface area (Å²) in [5.74, 6) is 0.0860. The van der Waals surface area contributed by atoms with Crippen molar-refractivity contribution in [3.63, 3.8) is 0 Å². The van der Waals surface area contributed by atoms with Crippen LogP contribution in [0, 0.1) is 5.92 Å². The van der Waals surface area contributed by atoms with Crippen LogP contribution < -0.4 is 4.74 Å². The molecule has 31 heavy (non-hydrogen) atoms. The van der Waals surface area contributed by atoms with Gasteiger partial charge in [0.15, 0.2) is 16.4 Å². The molecule has 1 amide bonds. The second kappa shape index (κ2) is 8.63. The van der Waals surface area contributed by atoms with Crippen LogP contribution in [0.5, 0.6) is 5.75 Å². The fraction of sp³-hybridized carbons (Fsp3) is 0.455. The molecule has 1 fully saturated rings. The van der Waals surface area contributed by atoms with Gasteiger partial charge in [0.05, 0.1) is 11.5 Å². The monoisotopic (exact) mass is 463 g/mol. The fourth-order valence-electron chi connectivity index (χ4n) is 3.95. The van der Waals surface area contributed by atoms with Gasteiger partial charge in [0.2, 0.25) is 0 Å². The molecular formula is C22H25NO6S2. The van der Waals surface area contributed by atoms with Gasteiger partial charge in [-0.25, -0.2) is 13.2 Å². The zero-order valence-corrected chi connectivity index (χ0v) is 19.1. The molecule has 0 radical (unpaired) electrons. The molecule has 1 saturated heterocycles. The van der Waals surface area contributed by atoms with E-state index in [1.807, 2.05) is 38.1 Å². The van der Waals surface area contributed by atoms with Crippen LogP contribution in [0.4, 0.5) is 0 Å². The van der Waals surface area contributed by atoms with E-state index < -0.39 is 22.4 Å². The van der Waals surface area contributed by atoms with Crippen molar-refractivity contribution in [1.29, 1.82) is 0 Å². The van der Waals surface area contributed by atoms with Gasteiger partial charge in [-0.3, -0.25) is 4.79 Å². The molecule has 4 rings (SSSR count). The van der Waals surface area contributed by atoms with Gasteiger partial charge in [-0.1, -0.05) is 26.0 Å². The van der Waals surface area contributed by atoms with Crippen molar-refractivity contribution < 1.29 is 27.5 Å². The second-order valence-electron chi connectivity index (χ2n) is 8.32. The van der Waals surface area contributed by atoms with Crippen molar-refractivity contribution in [2.75, 3.05) is 24.7 Å². The highest BCUT2D eigenvalue weighted by Crippen LogP contribution is 2.42. The van der Waals surface area contributed by atoms with Gasteiger partial charge < -0.3 is 14.4 Å². The Morgan fingerprint density at radius 2 is 2.06 bits per heavy atom. The average Bonchev–Trinajstić information content (AvgIpc) is 3.33. The molecule has 2 aromatic rings. The first-order valence-corrected chi connectivity index (χ1v) is 12.9. The number of hydrogen-bond donors (Lipinski definition) is 0. The van der Waals surface area contributed by atoms with E-state index in [4.69, 9.17) is 9.47 Å². The first kappa shape index (κ1) is 21.8. The van der Waals surface area contributed by atoms with E-state index in [1.54, 1.807) is 11.0 Å². The fourth-order valence-corrected chi connectivity index (χ4v) is 6.77. The maximum atomic E-state index is 12.8. The van der Waals surface area contributed by atoms with E-state index in [1.165, 1.54) is 11.3 Å². The number of carbonyl (C=O) groups is 2. The Labute approximate surface area is 185 Å². The molecule has 3 heterocycles. The summed E-state index contributed by atoms with van der Waals surface area (Å²) < 4.78 is 34.8. The lowest BCUT2D eigenvalue weighted by Crippen LogP contribution is -2.45. The zero-order valence-electron chi connectivity index (χ0n) is 17.5. The number of esters is 1. The van der Waals surface area contributed by atoms with Crippen molar-refractivity contribution >= 4 is 33.1 Å². The first-order valence-electron chi connectivity index (χ1n) is 10.3. The van der Waals surface area contributed by atoms with E-state index in [2.05, 4.69) is 0 Å². The summed E-state index contributed by atoms with van der Waals surface area (Å²) in [5, 5.41) is 0. The lowest BCUT2D eigenvalue weighted by atomic mass is 10.1. The topological polar surface area (TPSA) is 90.0 Å². The highest BCUT2D eigenvalue weighted by molar-refractivity contribution is 7.91. The summed E-state index contributed by atoms with van der Waals surface area (Å²) in [6, 6.07) is 9.04. The van der Waals surface area contributed by atoms with Crippen LogP contribution in [0.15, 0.2) is 30.3 Å². The molecule has 9 heteroatoms. The number of ether oxygens (including phenoxy) is 2. The number of fused-ring (bicyclic) bond motifs is 3. The Morgan fingerprint density at radius 1 is 1.29 bits per heavy atom. The minimum absolute atomic E-state index is 0.0313. The highest BCUT2D eigenvalue weighted by Gasteiger charge is 2.35. The van der Waals surface area contributed by atoms with Crippen LogP contribution in [0.3, 0.4) is 0 Å². The van der Waals surface area contributed by atoms with Crippen LogP contribution in [0.2, 0.25) is 0 Å². The Bertz CT molecular complexity index is 1100. The smallest absolute Gasteiger partial charge is 0.348 e. The van der Waals surface area contributed by atoms with Crippen molar-refractivity contribution in [2.45, 2.75) is 32.9 Å². The number of thiophene rings is 1. The minimum Gasteiger partial charge on any atom is -0.488 e. The van der Waals surface area contributed by atoms with Gasteiger partial charge in [-0.15, -0.1) is 11.3 Å². The summed E-state index contributed by atoms with van der Waals surface area (Å²) in [6.45, 7) is 4.33. The molecule has 2 aliphatic rings. The van der Waals surface area contributed by atoms with Crippen molar-refractivity contribution in [3.8, 4) is 16.2 Å².